The summed E-state index contributed by atoms with van der Waals surface area (Å²) in [5, 5.41) is 0. The molecular weight excluding hydrogens is 607 g/mol. The molecule has 0 bridgehead atoms. The summed E-state index contributed by atoms with van der Waals surface area (Å²) < 4.78 is 18.9. The van der Waals surface area contributed by atoms with Gasteiger partial charge in [0.05, 0.1) is 0 Å². The molecule has 0 rings (SSSR count). The molecule has 0 aromatic rings. The molecule has 0 heterocycles. The van der Waals surface area contributed by atoms with Crippen molar-refractivity contribution in [2.24, 2.45) is 11.8 Å². The van der Waals surface area contributed by atoms with E-state index >= 15 is 0 Å². The Labute approximate surface area is 240 Å². The van der Waals surface area contributed by atoms with Crippen molar-refractivity contribution in [1.29, 1.82) is 0 Å². The van der Waals surface area contributed by atoms with Crippen molar-refractivity contribution in [3.05, 3.63) is 12.2 Å². The SMILES string of the molecule is CCCC[C@@H](CC)COC(=O)C[S][Sn]([CH2]CCC)([CH2]CCC)[O]C(=O)/C=C\C(=O)OC[C@@H](CC)CCCC. The van der Waals surface area contributed by atoms with E-state index in [0.29, 0.717) is 25.0 Å². The summed E-state index contributed by atoms with van der Waals surface area (Å²) >= 11 is -3.53. The summed E-state index contributed by atoms with van der Waals surface area (Å²) in [6.45, 7) is 13.6. The summed E-state index contributed by atoms with van der Waals surface area (Å²) in [4.78, 5) is 37.7. The van der Waals surface area contributed by atoms with Gasteiger partial charge in [-0.05, 0) is 0 Å². The second-order valence-corrected chi connectivity index (χ2v) is 27.0. The molecule has 0 aromatic carbocycles. The van der Waals surface area contributed by atoms with Gasteiger partial charge in [-0.3, -0.25) is 0 Å². The fourth-order valence-electron chi connectivity index (χ4n) is 4.13. The quantitative estimate of drug-likeness (QED) is 0.0583. The van der Waals surface area contributed by atoms with Gasteiger partial charge in [-0.2, -0.15) is 0 Å². The van der Waals surface area contributed by atoms with Crippen molar-refractivity contribution < 1.29 is 26.9 Å². The minimum absolute atomic E-state index is 0.220. The summed E-state index contributed by atoms with van der Waals surface area (Å²) in [6, 6.07) is 0. The summed E-state index contributed by atoms with van der Waals surface area (Å²) in [7, 11) is 1.56. The van der Waals surface area contributed by atoms with Crippen LogP contribution < -0.4 is 0 Å². The van der Waals surface area contributed by atoms with Crippen LogP contribution in [0.15, 0.2) is 12.2 Å². The van der Waals surface area contributed by atoms with Gasteiger partial charge in [0.25, 0.3) is 0 Å². The second kappa shape index (κ2) is 24.1. The maximum atomic E-state index is 12.8. The number of ether oxygens (including phenoxy) is 2. The normalized spacial score (nSPS) is 13.3. The van der Waals surface area contributed by atoms with Gasteiger partial charge in [0.2, 0.25) is 0 Å². The molecule has 0 amide bonds. The number of hydrogen-bond acceptors (Lipinski definition) is 7. The van der Waals surface area contributed by atoms with Crippen molar-refractivity contribution >= 4 is 44.3 Å². The van der Waals surface area contributed by atoms with Crippen molar-refractivity contribution in [1.82, 2.24) is 0 Å². The molecule has 0 fully saturated rings. The molecular formula is C30H56O6SSn. The summed E-state index contributed by atoms with van der Waals surface area (Å²) in [6.07, 6.45) is 14.9. The molecule has 38 heavy (non-hydrogen) atoms. The van der Waals surface area contributed by atoms with Crippen molar-refractivity contribution in [2.45, 2.75) is 127 Å². The van der Waals surface area contributed by atoms with E-state index in [1.165, 1.54) is 12.2 Å². The molecule has 0 saturated heterocycles. The molecule has 0 unspecified atom stereocenters. The van der Waals surface area contributed by atoms with E-state index in [1.807, 2.05) is 0 Å². The number of carbonyl (C=O) groups excluding carboxylic acids is 3. The van der Waals surface area contributed by atoms with Crippen molar-refractivity contribution in [3.63, 3.8) is 0 Å². The zero-order valence-electron chi connectivity index (χ0n) is 25.2. The molecule has 0 N–H and O–H groups in total. The Morgan fingerprint density at radius 3 is 1.63 bits per heavy atom. The molecule has 222 valence electrons. The van der Waals surface area contributed by atoms with Crippen LogP contribution in [0, 0.1) is 11.8 Å². The van der Waals surface area contributed by atoms with Crippen LogP contribution in [0.3, 0.4) is 0 Å². The van der Waals surface area contributed by atoms with Gasteiger partial charge in [-0.15, -0.1) is 0 Å². The van der Waals surface area contributed by atoms with Gasteiger partial charge in [-0.25, -0.2) is 0 Å². The van der Waals surface area contributed by atoms with Gasteiger partial charge in [0.1, 0.15) is 0 Å². The van der Waals surface area contributed by atoms with Crippen LogP contribution in [-0.4, -0.2) is 54.3 Å². The molecule has 0 radical (unpaired) electrons. The van der Waals surface area contributed by atoms with Gasteiger partial charge >= 0.3 is 242 Å². The topological polar surface area (TPSA) is 78.9 Å². The Hall–Kier alpha value is -0.701. The fraction of sp³-hybridized carbons (Fsp3) is 0.833. The first-order valence-electron chi connectivity index (χ1n) is 15.2. The van der Waals surface area contributed by atoms with E-state index in [1.54, 1.807) is 8.95 Å². The van der Waals surface area contributed by atoms with Gasteiger partial charge in [0.15, 0.2) is 0 Å². The Bertz CT molecular complexity index is 661. The van der Waals surface area contributed by atoms with Gasteiger partial charge < -0.3 is 0 Å². The van der Waals surface area contributed by atoms with Crippen LogP contribution >= 0.6 is 8.95 Å². The Morgan fingerprint density at radius 1 is 0.684 bits per heavy atom. The molecule has 0 aromatic heterocycles. The summed E-state index contributed by atoms with van der Waals surface area (Å²) in [5.74, 6) is -0.245. The number of carbonyl (C=O) groups is 3. The first-order valence-corrected chi connectivity index (χ1v) is 24.8. The third kappa shape index (κ3) is 18.6. The molecule has 8 heteroatoms. The van der Waals surface area contributed by atoms with E-state index < -0.39 is 29.3 Å². The number of unbranched alkanes of at least 4 members (excludes halogenated alkanes) is 4. The van der Waals surface area contributed by atoms with Crippen LogP contribution in [-0.2, 0) is 26.9 Å². The molecule has 0 saturated carbocycles. The predicted octanol–water partition coefficient (Wildman–Crippen LogP) is 8.38. The number of hydrogen-bond donors (Lipinski definition) is 0. The summed E-state index contributed by atoms with van der Waals surface area (Å²) in [5.41, 5.74) is 0. The van der Waals surface area contributed by atoms with Crippen LogP contribution in [0.2, 0.25) is 8.87 Å². The molecule has 2 atom stereocenters. The second-order valence-electron chi connectivity index (χ2n) is 10.3. The number of esters is 2. The fourth-order valence-corrected chi connectivity index (χ4v) is 21.3. The Balaban J connectivity index is 5.13. The standard InChI is InChI=1S/C12H20O4.C10H20O2S.2C4H9.Sn/c1-3-5-6-10(4-2)9-16-12(15)8-7-11(13)14;1-3-5-6-9(4-2)7-12-10(11)8-13;2*1-3-4-2;/h7-8,10H,3-6,9H2,1-2H3,(H,13,14);9,13H,3-8H2,1-2H3;2*1,3-4H2,2H3;/q;;;;+2/p-2/b8-7-;;;;/t10-;9-;;;/m01.../s1. The molecule has 0 aliphatic heterocycles. The third-order valence-electron chi connectivity index (χ3n) is 6.95. The van der Waals surface area contributed by atoms with E-state index in [2.05, 4.69) is 41.5 Å². The molecule has 0 aliphatic rings. The maximum absolute atomic E-state index is 12.8. The van der Waals surface area contributed by atoms with Gasteiger partial charge in [0, 0.05) is 0 Å². The molecule has 0 spiro atoms. The van der Waals surface area contributed by atoms with E-state index in [4.69, 9.17) is 12.5 Å². The monoisotopic (exact) mass is 664 g/mol. The average molecular weight is 664 g/mol. The van der Waals surface area contributed by atoms with Crippen LogP contribution in [0.25, 0.3) is 0 Å². The zero-order valence-corrected chi connectivity index (χ0v) is 28.9. The Morgan fingerprint density at radius 2 is 1.16 bits per heavy atom. The van der Waals surface area contributed by atoms with Crippen LogP contribution in [0.5, 0.6) is 0 Å². The van der Waals surface area contributed by atoms with E-state index in [9.17, 15) is 14.4 Å². The Kier molecular flexibility index (Phi) is 23.7. The van der Waals surface area contributed by atoms with Crippen LogP contribution in [0.4, 0.5) is 0 Å². The third-order valence-corrected chi connectivity index (χ3v) is 24.9. The van der Waals surface area contributed by atoms with E-state index in [0.717, 1.165) is 85.9 Å². The zero-order chi connectivity index (χ0) is 28.7. The first-order chi connectivity index (χ1) is 18.3. The average Bonchev–Trinajstić information content (AvgIpc) is 2.92. The first kappa shape index (κ1) is 37.3. The molecule has 0 aliphatic carbocycles. The van der Waals surface area contributed by atoms with E-state index in [-0.39, 0.29) is 11.7 Å². The van der Waals surface area contributed by atoms with Gasteiger partial charge in [-0.1, -0.05) is 0 Å². The predicted molar refractivity (Wildman–Crippen MR) is 161 cm³/mol. The van der Waals surface area contributed by atoms with Crippen LogP contribution in [0.1, 0.15) is 119 Å². The van der Waals surface area contributed by atoms with Crippen molar-refractivity contribution in [3.8, 4) is 0 Å². The number of rotatable bonds is 24. The molecule has 6 nitrogen and oxygen atoms in total. The minimum atomic E-state index is -3.53. The van der Waals surface area contributed by atoms with Crippen molar-refractivity contribution in [2.75, 3.05) is 19.0 Å².